The molecule has 0 amide bonds. The Morgan fingerprint density at radius 3 is 2.57 bits per heavy atom. The van der Waals surface area contributed by atoms with Crippen LogP contribution in [0.25, 0.3) is 0 Å². The molecule has 6 nitrogen and oxygen atoms in total. The highest BCUT2D eigenvalue weighted by atomic mass is 127. The van der Waals surface area contributed by atoms with Gasteiger partial charge in [0.15, 0.2) is 0 Å². The molecule has 0 unspecified atom stereocenters. The van der Waals surface area contributed by atoms with Crippen molar-refractivity contribution in [3.05, 3.63) is 27.8 Å². The zero-order valence-corrected chi connectivity index (χ0v) is 14.5. The van der Waals surface area contributed by atoms with Crippen molar-refractivity contribution in [1.29, 1.82) is 0 Å². The molecule has 0 atom stereocenters. The molecule has 1 N–H and O–H groups in total. The number of anilines is 2. The first kappa shape index (κ1) is 15.7. The van der Waals surface area contributed by atoms with Crippen molar-refractivity contribution in [2.75, 3.05) is 30.4 Å². The Kier molecular flexibility index (Phi) is 5.54. The van der Waals surface area contributed by atoms with E-state index in [1.165, 1.54) is 0 Å². The van der Waals surface area contributed by atoms with E-state index in [9.17, 15) is 0 Å². The molecule has 0 fully saturated rings. The Morgan fingerprint density at radius 2 is 1.95 bits per heavy atom. The lowest BCUT2D eigenvalue weighted by Gasteiger charge is -2.19. The molecule has 1 heterocycles. The molecule has 7 heteroatoms. The molecule has 0 spiro atoms. The van der Waals surface area contributed by atoms with Crippen LogP contribution < -0.4 is 15.0 Å². The molecule has 21 heavy (non-hydrogen) atoms. The van der Waals surface area contributed by atoms with E-state index in [1.54, 1.807) is 7.05 Å². The lowest BCUT2D eigenvalue weighted by molar-refractivity contribution is 0.440. The lowest BCUT2D eigenvalue weighted by Crippen LogP contribution is -2.25. The fourth-order valence-electron chi connectivity index (χ4n) is 1.79. The van der Waals surface area contributed by atoms with Gasteiger partial charge in [-0.1, -0.05) is 6.07 Å². The summed E-state index contributed by atoms with van der Waals surface area (Å²) in [4.78, 5) is 15.0. The number of hydrogen-bond donors (Lipinski definition) is 1. The van der Waals surface area contributed by atoms with Gasteiger partial charge in [-0.15, -0.1) is 0 Å². The van der Waals surface area contributed by atoms with E-state index in [-0.39, 0.29) is 0 Å². The van der Waals surface area contributed by atoms with E-state index < -0.39 is 0 Å². The summed E-state index contributed by atoms with van der Waals surface area (Å²) in [5.41, 5.74) is 0. The maximum Gasteiger partial charge on any atom is 0.328 e. The van der Waals surface area contributed by atoms with E-state index in [0.717, 1.165) is 16.7 Å². The summed E-state index contributed by atoms with van der Waals surface area (Å²) in [6, 6.07) is 8.03. The van der Waals surface area contributed by atoms with Gasteiger partial charge in [0.25, 0.3) is 0 Å². The highest BCUT2D eigenvalue weighted by Crippen LogP contribution is 2.22. The summed E-state index contributed by atoms with van der Waals surface area (Å²) in [5.74, 6) is 1.81. The van der Waals surface area contributed by atoms with Gasteiger partial charge in [-0.25, -0.2) is 0 Å². The Hall–Kier alpha value is -1.64. The van der Waals surface area contributed by atoms with Gasteiger partial charge >= 0.3 is 6.01 Å². The molecule has 0 saturated carbocycles. The predicted molar refractivity (Wildman–Crippen MR) is 92.2 cm³/mol. The van der Waals surface area contributed by atoms with Crippen molar-refractivity contribution in [3.63, 3.8) is 0 Å². The summed E-state index contributed by atoms with van der Waals surface area (Å²) in [5, 5.41) is 2.94. The van der Waals surface area contributed by atoms with Gasteiger partial charge in [-0.2, -0.15) is 15.0 Å². The third kappa shape index (κ3) is 4.16. The van der Waals surface area contributed by atoms with Crippen LogP contribution in [0.15, 0.2) is 24.3 Å². The summed E-state index contributed by atoms with van der Waals surface area (Å²) >= 11 is 2.24. The van der Waals surface area contributed by atoms with Gasteiger partial charge in [0.05, 0.1) is 0 Å². The second kappa shape index (κ2) is 7.39. The van der Waals surface area contributed by atoms with Crippen LogP contribution in [-0.4, -0.2) is 35.1 Å². The van der Waals surface area contributed by atoms with E-state index in [0.29, 0.717) is 23.7 Å². The molecular weight excluding hydrogens is 381 g/mol. The van der Waals surface area contributed by atoms with E-state index in [1.807, 2.05) is 29.2 Å². The van der Waals surface area contributed by atoms with Crippen molar-refractivity contribution in [3.8, 4) is 11.8 Å². The number of hydrogen-bond acceptors (Lipinski definition) is 6. The zero-order chi connectivity index (χ0) is 15.2. The zero-order valence-electron chi connectivity index (χ0n) is 12.3. The lowest BCUT2D eigenvalue weighted by atomic mass is 10.3. The van der Waals surface area contributed by atoms with Crippen LogP contribution in [0.3, 0.4) is 0 Å². The van der Waals surface area contributed by atoms with Crippen molar-refractivity contribution >= 4 is 34.5 Å². The maximum absolute atomic E-state index is 5.75. The van der Waals surface area contributed by atoms with Crippen LogP contribution in [0.4, 0.5) is 11.9 Å². The molecule has 1 aromatic carbocycles. The smallest absolute Gasteiger partial charge is 0.328 e. The SMILES string of the molecule is CCN(CC)c1nc(NC)nc(Oc2cccc(I)c2)n1. The van der Waals surface area contributed by atoms with Gasteiger partial charge in [0.2, 0.25) is 11.9 Å². The summed E-state index contributed by atoms with van der Waals surface area (Å²) in [6.45, 7) is 5.78. The van der Waals surface area contributed by atoms with Gasteiger partial charge < -0.3 is 15.0 Å². The van der Waals surface area contributed by atoms with Crippen LogP contribution in [-0.2, 0) is 0 Å². The molecule has 0 aliphatic heterocycles. The number of halogens is 1. The number of rotatable bonds is 6. The average molecular weight is 399 g/mol. The molecule has 0 saturated heterocycles. The predicted octanol–water partition coefficient (Wildman–Crippen LogP) is 3.16. The van der Waals surface area contributed by atoms with E-state index in [4.69, 9.17) is 4.74 Å². The molecule has 112 valence electrons. The Morgan fingerprint density at radius 1 is 1.19 bits per heavy atom. The second-order valence-corrected chi connectivity index (χ2v) is 5.47. The number of nitrogens with zero attached hydrogens (tertiary/aromatic N) is 4. The van der Waals surface area contributed by atoms with Crippen LogP contribution >= 0.6 is 22.6 Å². The molecule has 1 aromatic heterocycles. The van der Waals surface area contributed by atoms with E-state index >= 15 is 0 Å². The minimum atomic E-state index is 0.290. The van der Waals surface area contributed by atoms with Crippen molar-refractivity contribution in [2.45, 2.75) is 13.8 Å². The maximum atomic E-state index is 5.75. The first-order valence-electron chi connectivity index (χ1n) is 6.78. The highest BCUT2D eigenvalue weighted by molar-refractivity contribution is 14.1. The Labute approximate surface area is 138 Å². The molecule has 0 radical (unpaired) electrons. The van der Waals surface area contributed by atoms with Crippen LogP contribution in [0.1, 0.15) is 13.8 Å². The Bertz CT molecular complexity index is 604. The second-order valence-electron chi connectivity index (χ2n) is 4.22. The first-order valence-corrected chi connectivity index (χ1v) is 7.86. The van der Waals surface area contributed by atoms with E-state index in [2.05, 4.69) is 56.7 Å². The number of aromatic nitrogens is 3. The molecule has 0 aliphatic rings. The first-order chi connectivity index (χ1) is 10.2. The molecule has 2 rings (SSSR count). The van der Waals surface area contributed by atoms with Gasteiger partial charge in [-0.3, -0.25) is 0 Å². The van der Waals surface area contributed by atoms with Gasteiger partial charge in [-0.05, 0) is 54.6 Å². The monoisotopic (exact) mass is 399 g/mol. The van der Waals surface area contributed by atoms with Crippen molar-refractivity contribution in [1.82, 2.24) is 15.0 Å². The number of benzene rings is 1. The summed E-state index contributed by atoms with van der Waals surface area (Å²) in [6.07, 6.45) is 0. The third-order valence-corrected chi connectivity index (χ3v) is 3.55. The topological polar surface area (TPSA) is 63.2 Å². The fraction of sp³-hybridized carbons (Fsp3) is 0.357. The summed E-state index contributed by atoms with van der Waals surface area (Å²) in [7, 11) is 1.77. The summed E-state index contributed by atoms with van der Waals surface area (Å²) < 4.78 is 6.84. The minimum Gasteiger partial charge on any atom is -0.424 e. The van der Waals surface area contributed by atoms with Crippen LogP contribution in [0.5, 0.6) is 11.8 Å². The minimum absolute atomic E-state index is 0.290. The van der Waals surface area contributed by atoms with Crippen LogP contribution in [0, 0.1) is 3.57 Å². The highest BCUT2D eigenvalue weighted by Gasteiger charge is 2.12. The number of ether oxygens (including phenoxy) is 1. The molecular formula is C14H18IN5O. The number of nitrogens with one attached hydrogen (secondary N) is 1. The van der Waals surface area contributed by atoms with Crippen molar-refractivity contribution in [2.24, 2.45) is 0 Å². The quantitative estimate of drug-likeness (QED) is 0.754. The fourth-order valence-corrected chi connectivity index (χ4v) is 2.30. The largest absolute Gasteiger partial charge is 0.424 e. The standard InChI is InChI=1S/C14H18IN5O/c1-4-20(5-2)13-17-12(16-3)18-14(19-13)21-11-8-6-7-10(15)9-11/h6-9H,4-5H2,1-3H3,(H,16,17,18,19). The molecule has 0 aliphatic carbocycles. The average Bonchev–Trinajstić information content (AvgIpc) is 2.48. The van der Waals surface area contributed by atoms with Crippen molar-refractivity contribution < 1.29 is 4.74 Å². The molecule has 0 bridgehead atoms. The normalized spacial score (nSPS) is 10.3. The van der Waals surface area contributed by atoms with Crippen LogP contribution in [0.2, 0.25) is 0 Å². The third-order valence-electron chi connectivity index (χ3n) is 2.88. The Balaban J connectivity index is 2.32. The molecule has 2 aromatic rings. The van der Waals surface area contributed by atoms with Gasteiger partial charge in [0.1, 0.15) is 5.75 Å². The van der Waals surface area contributed by atoms with Gasteiger partial charge in [0, 0.05) is 23.7 Å².